The molecular weight excluding hydrogens is 400 g/mol. The first-order valence-corrected chi connectivity index (χ1v) is 10.2. The van der Waals surface area contributed by atoms with Crippen molar-refractivity contribution in [3.8, 4) is 0 Å². The number of halogens is 1. The molecule has 0 saturated carbocycles. The number of hydrogen-bond acceptors (Lipinski definition) is 3. The molecule has 0 spiro atoms. The summed E-state index contributed by atoms with van der Waals surface area (Å²) in [5.41, 5.74) is 3.68. The summed E-state index contributed by atoms with van der Waals surface area (Å²) in [7, 11) is 1.58. The molecule has 1 heterocycles. The minimum absolute atomic E-state index is 0.0868. The van der Waals surface area contributed by atoms with Gasteiger partial charge in [-0.3, -0.25) is 9.59 Å². The van der Waals surface area contributed by atoms with Crippen LogP contribution in [0, 0.1) is 6.92 Å². The van der Waals surface area contributed by atoms with E-state index in [1.54, 1.807) is 18.7 Å². The van der Waals surface area contributed by atoms with Crippen molar-refractivity contribution in [3.63, 3.8) is 0 Å². The predicted molar refractivity (Wildman–Crippen MR) is 119 cm³/mol. The number of para-hydroxylation sites is 1. The molecule has 3 rings (SSSR count). The second-order valence-electron chi connectivity index (χ2n) is 7.11. The average molecular weight is 425 g/mol. The third kappa shape index (κ3) is 4.89. The molecule has 30 heavy (non-hydrogen) atoms. The maximum atomic E-state index is 13.0. The highest BCUT2D eigenvalue weighted by molar-refractivity contribution is 6.33. The molecule has 1 aromatic heterocycles. The Labute approximate surface area is 181 Å². The van der Waals surface area contributed by atoms with Crippen LogP contribution in [-0.2, 0) is 17.8 Å². The quantitative estimate of drug-likeness (QED) is 0.619. The zero-order valence-electron chi connectivity index (χ0n) is 17.4. The van der Waals surface area contributed by atoms with Gasteiger partial charge in [0.25, 0.3) is 5.91 Å². The first kappa shape index (κ1) is 21.6. The lowest BCUT2D eigenvalue weighted by molar-refractivity contribution is -0.116. The van der Waals surface area contributed by atoms with Gasteiger partial charge in [0.1, 0.15) is 5.15 Å². The lowest BCUT2D eigenvalue weighted by atomic mass is 10.1. The largest absolute Gasteiger partial charge is 0.332 e. The SMILES string of the molecule is CCc1ccccc1NC(=O)CN(C)C(=O)c1c(C)nn(Cc2ccccc2)c1Cl. The average Bonchev–Trinajstić information content (AvgIpc) is 3.01. The van der Waals surface area contributed by atoms with E-state index in [-0.39, 0.29) is 23.5 Å². The van der Waals surface area contributed by atoms with Crippen molar-refractivity contribution in [2.75, 3.05) is 18.9 Å². The van der Waals surface area contributed by atoms with Gasteiger partial charge in [-0.15, -0.1) is 0 Å². The van der Waals surface area contributed by atoms with Crippen LogP contribution in [0.15, 0.2) is 54.6 Å². The topological polar surface area (TPSA) is 67.2 Å². The van der Waals surface area contributed by atoms with Crippen molar-refractivity contribution in [1.82, 2.24) is 14.7 Å². The second-order valence-corrected chi connectivity index (χ2v) is 7.47. The maximum absolute atomic E-state index is 13.0. The number of nitrogens with zero attached hydrogens (tertiary/aromatic N) is 3. The number of aryl methyl sites for hydroxylation is 2. The Hall–Kier alpha value is -3.12. The van der Waals surface area contributed by atoms with Gasteiger partial charge in [-0.2, -0.15) is 5.10 Å². The summed E-state index contributed by atoms with van der Waals surface area (Å²) in [6.07, 6.45) is 0.806. The number of rotatable bonds is 7. The van der Waals surface area contributed by atoms with E-state index < -0.39 is 0 Å². The summed E-state index contributed by atoms with van der Waals surface area (Å²) in [4.78, 5) is 26.8. The van der Waals surface area contributed by atoms with Crippen LogP contribution in [0.5, 0.6) is 0 Å². The van der Waals surface area contributed by atoms with Crippen molar-refractivity contribution in [1.29, 1.82) is 0 Å². The Bertz CT molecular complexity index is 1050. The fraction of sp³-hybridized carbons (Fsp3) is 0.261. The van der Waals surface area contributed by atoms with Gasteiger partial charge in [-0.25, -0.2) is 4.68 Å². The molecule has 0 bridgehead atoms. The highest BCUT2D eigenvalue weighted by Gasteiger charge is 2.24. The minimum Gasteiger partial charge on any atom is -0.332 e. The van der Waals surface area contributed by atoms with Crippen LogP contribution in [0.3, 0.4) is 0 Å². The molecule has 2 aromatic carbocycles. The molecule has 0 unspecified atom stereocenters. The molecule has 3 aromatic rings. The van der Waals surface area contributed by atoms with Crippen molar-refractivity contribution >= 4 is 29.1 Å². The molecule has 7 heteroatoms. The molecule has 6 nitrogen and oxygen atoms in total. The normalized spacial score (nSPS) is 10.7. The molecule has 0 saturated heterocycles. The van der Waals surface area contributed by atoms with Gasteiger partial charge in [-0.05, 0) is 30.5 Å². The Morgan fingerprint density at radius 1 is 1.10 bits per heavy atom. The number of hydrogen-bond donors (Lipinski definition) is 1. The van der Waals surface area contributed by atoms with E-state index in [4.69, 9.17) is 11.6 Å². The highest BCUT2D eigenvalue weighted by Crippen LogP contribution is 2.22. The fourth-order valence-corrected chi connectivity index (χ4v) is 3.59. The Kier molecular flexibility index (Phi) is 6.90. The first-order chi connectivity index (χ1) is 14.4. The molecule has 0 fully saturated rings. The van der Waals surface area contributed by atoms with Crippen molar-refractivity contribution < 1.29 is 9.59 Å². The van der Waals surface area contributed by atoms with Gasteiger partial charge >= 0.3 is 0 Å². The molecule has 0 radical (unpaired) electrons. The third-order valence-corrected chi connectivity index (χ3v) is 5.24. The number of anilines is 1. The smallest absolute Gasteiger partial charge is 0.259 e. The molecular formula is C23H25ClN4O2. The van der Waals surface area contributed by atoms with Crippen LogP contribution in [-0.4, -0.2) is 40.1 Å². The van der Waals surface area contributed by atoms with Crippen molar-refractivity contribution in [2.45, 2.75) is 26.8 Å². The van der Waals surface area contributed by atoms with Gasteiger partial charge in [-0.1, -0.05) is 67.1 Å². The van der Waals surface area contributed by atoms with Gasteiger partial charge in [0.15, 0.2) is 0 Å². The summed E-state index contributed by atoms with van der Waals surface area (Å²) in [5.74, 6) is -0.604. The number of likely N-dealkylation sites (N-methyl/N-ethyl adjacent to an activating group) is 1. The van der Waals surface area contributed by atoms with Crippen LogP contribution >= 0.6 is 11.6 Å². The van der Waals surface area contributed by atoms with Crippen molar-refractivity contribution in [3.05, 3.63) is 82.1 Å². The van der Waals surface area contributed by atoms with Crippen LogP contribution in [0.25, 0.3) is 0 Å². The molecule has 156 valence electrons. The Balaban J connectivity index is 1.70. The fourth-order valence-electron chi connectivity index (χ4n) is 3.28. The minimum atomic E-state index is -0.337. The predicted octanol–water partition coefficient (Wildman–Crippen LogP) is 4.17. The van der Waals surface area contributed by atoms with E-state index >= 15 is 0 Å². The summed E-state index contributed by atoms with van der Waals surface area (Å²) in [6, 6.07) is 17.4. The van der Waals surface area contributed by atoms with E-state index in [0.717, 1.165) is 23.2 Å². The van der Waals surface area contributed by atoms with Crippen LogP contribution in [0.1, 0.15) is 34.1 Å². The monoisotopic (exact) mass is 424 g/mol. The number of amides is 2. The lowest BCUT2D eigenvalue weighted by Crippen LogP contribution is -2.35. The van der Waals surface area contributed by atoms with E-state index in [2.05, 4.69) is 10.4 Å². The van der Waals surface area contributed by atoms with Crippen LogP contribution < -0.4 is 5.32 Å². The molecule has 0 aliphatic carbocycles. The van der Waals surface area contributed by atoms with E-state index in [1.165, 1.54) is 4.90 Å². The van der Waals surface area contributed by atoms with Gasteiger partial charge in [0.05, 0.1) is 24.3 Å². The second kappa shape index (κ2) is 9.59. The van der Waals surface area contributed by atoms with Crippen LogP contribution in [0.2, 0.25) is 5.15 Å². The standard InChI is InChI=1S/C23H25ClN4O2/c1-4-18-12-8-9-13-19(18)25-20(29)15-27(3)23(30)21-16(2)26-28(22(21)24)14-17-10-6-5-7-11-17/h5-13H,4,14-15H2,1-3H3,(H,25,29). The number of benzene rings is 2. The molecule has 0 aliphatic heterocycles. The third-order valence-electron chi connectivity index (χ3n) is 4.85. The highest BCUT2D eigenvalue weighted by atomic mass is 35.5. The number of carbonyl (C=O) groups is 2. The summed E-state index contributed by atoms with van der Waals surface area (Å²) < 4.78 is 1.60. The summed E-state index contributed by atoms with van der Waals surface area (Å²) in [6.45, 7) is 4.15. The van der Waals surface area contributed by atoms with Crippen LogP contribution in [0.4, 0.5) is 5.69 Å². The maximum Gasteiger partial charge on any atom is 0.259 e. The zero-order valence-corrected chi connectivity index (χ0v) is 18.1. The van der Waals surface area contributed by atoms with Crippen molar-refractivity contribution in [2.24, 2.45) is 0 Å². The number of carbonyl (C=O) groups excluding carboxylic acids is 2. The van der Waals surface area contributed by atoms with E-state index in [1.807, 2.05) is 61.5 Å². The molecule has 0 atom stereocenters. The Morgan fingerprint density at radius 3 is 2.47 bits per heavy atom. The first-order valence-electron chi connectivity index (χ1n) is 9.80. The van der Waals surface area contributed by atoms with Gasteiger partial charge < -0.3 is 10.2 Å². The Morgan fingerprint density at radius 2 is 1.77 bits per heavy atom. The van der Waals surface area contributed by atoms with Gasteiger partial charge in [0.2, 0.25) is 5.91 Å². The van der Waals surface area contributed by atoms with E-state index in [0.29, 0.717) is 17.8 Å². The van der Waals surface area contributed by atoms with Gasteiger partial charge in [0, 0.05) is 12.7 Å². The summed E-state index contributed by atoms with van der Waals surface area (Å²) in [5, 5.41) is 7.56. The molecule has 2 amide bonds. The summed E-state index contributed by atoms with van der Waals surface area (Å²) >= 11 is 6.48. The number of nitrogens with one attached hydrogen (secondary N) is 1. The molecule has 0 aliphatic rings. The molecule has 1 N–H and O–H groups in total. The lowest BCUT2D eigenvalue weighted by Gasteiger charge is -2.17. The van der Waals surface area contributed by atoms with E-state index in [9.17, 15) is 9.59 Å². The number of aromatic nitrogens is 2. The zero-order chi connectivity index (χ0) is 21.7.